The van der Waals surface area contributed by atoms with Crippen LogP contribution in [-0.2, 0) is 4.74 Å². The van der Waals surface area contributed by atoms with Crippen molar-refractivity contribution in [3.05, 3.63) is 0 Å². The fraction of sp³-hybridized carbons (Fsp3) is 1.00. The smallest absolute Gasteiger partial charge is 0.0512 e. The lowest BCUT2D eigenvalue weighted by Gasteiger charge is -2.42. The molecule has 1 saturated carbocycles. The average molecular weight is 169 g/mol. The van der Waals surface area contributed by atoms with Gasteiger partial charge in [0, 0.05) is 25.6 Å². The van der Waals surface area contributed by atoms with Gasteiger partial charge in [0.1, 0.15) is 0 Å². The summed E-state index contributed by atoms with van der Waals surface area (Å²) in [5, 5.41) is 3.49. The Hall–Kier alpha value is -0.0800. The first kappa shape index (κ1) is 8.52. The molecule has 0 aromatic heterocycles. The van der Waals surface area contributed by atoms with E-state index in [1.807, 2.05) is 0 Å². The zero-order chi connectivity index (χ0) is 8.44. The molecule has 1 aliphatic heterocycles. The van der Waals surface area contributed by atoms with Gasteiger partial charge in [0.25, 0.3) is 0 Å². The van der Waals surface area contributed by atoms with Gasteiger partial charge in [-0.1, -0.05) is 6.42 Å². The van der Waals surface area contributed by atoms with Gasteiger partial charge in [-0.15, -0.1) is 0 Å². The van der Waals surface area contributed by atoms with E-state index < -0.39 is 0 Å². The molecule has 1 saturated heterocycles. The molecule has 1 atom stereocenters. The summed E-state index contributed by atoms with van der Waals surface area (Å²) in [5.74, 6) is 0.797. The molecule has 0 amide bonds. The topological polar surface area (TPSA) is 21.3 Å². The summed E-state index contributed by atoms with van der Waals surface area (Å²) in [6, 6.07) is 0. The van der Waals surface area contributed by atoms with Crippen molar-refractivity contribution in [1.29, 1.82) is 0 Å². The first-order valence-corrected chi connectivity index (χ1v) is 5.16. The van der Waals surface area contributed by atoms with Crippen LogP contribution in [0.2, 0.25) is 0 Å². The highest BCUT2D eigenvalue weighted by Gasteiger charge is 2.46. The van der Waals surface area contributed by atoms with Crippen molar-refractivity contribution in [2.75, 3.05) is 26.3 Å². The van der Waals surface area contributed by atoms with Crippen LogP contribution in [0, 0.1) is 11.3 Å². The molecule has 1 spiro atoms. The van der Waals surface area contributed by atoms with E-state index in [9.17, 15) is 0 Å². The molecular formula is C10H19NO. The summed E-state index contributed by atoms with van der Waals surface area (Å²) in [6.07, 6.45) is 4.29. The minimum atomic E-state index is 0.648. The zero-order valence-corrected chi connectivity index (χ0v) is 7.94. The van der Waals surface area contributed by atoms with E-state index in [0.29, 0.717) is 5.41 Å². The van der Waals surface area contributed by atoms with Crippen LogP contribution in [0.15, 0.2) is 0 Å². The van der Waals surface area contributed by atoms with Gasteiger partial charge in [-0.2, -0.15) is 0 Å². The second kappa shape index (κ2) is 3.35. The van der Waals surface area contributed by atoms with E-state index in [-0.39, 0.29) is 0 Å². The minimum Gasteiger partial charge on any atom is -0.381 e. The standard InChI is InChI=1S/C10H19NO/c1-2-12-7-9-6-11-8-10(9)4-3-5-10/h9,11H,2-8H2,1H3/t9-/m1/s1. The van der Waals surface area contributed by atoms with Gasteiger partial charge in [0.05, 0.1) is 6.61 Å². The number of ether oxygens (including phenoxy) is 1. The largest absolute Gasteiger partial charge is 0.381 e. The number of hydrogen-bond acceptors (Lipinski definition) is 2. The van der Waals surface area contributed by atoms with Crippen molar-refractivity contribution in [3.8, 4) is 0 Å². The summed E-state index contributed by atoms with van der Waals surface area (Å²) >= 11 is 0. The molecule has 0 aromatic rings. The monoisotopic (exact) mass is 169 g/mol. The SMILES string of the molecule is CCOC[C@H]1CNCC12CCC2. The van der Waals surface area contributed by atoms with Crippen LogP contribution in [0.25, 0.3) is 0 Å². The van der Waals surface area contributed by atoms with Crippen LogP contribution >= 0.6 is 0 Å². The second-order valence-corrected chi connectivity index (χ2v) is 4.20. The molecule has 2 heteroatoms. The lowest BCUT2D eigenvalue weighted by molar-refractivity contribution is 0.0230. The van der Waals surface area contributed by atoms with Crippen LogP contribution in [0.5, 0.6) is 0 Å². The van der Waals surface area contributed by atoms with Crippen molar-refractivity contribution in [2.24, 2.45) is 11.3 Å². The molecular weight excluding hydrogens is 150 g/mol. The van der Waals surface area contributed by atoms with E-state index in [1.165, 1.54) is 32.4 Å². The van der Waals surface area contributed by atoms with E-state index in [4.69, 9.17) is 4.74 Å². The van der Waals surface area contributed by atoms with Crippen molar-refractivity contribution in [2.45, 2.75) is 26.2 Å². The van der Waals surface area contributed by atoms with Crippen LogP contribution in [0.1, 0.15) is 26.2 Å². The fourth-order valence-corrected chi connectivity index (χ4v) is 2.57. The van der Waals surface area contributed by atoms with E-state index in [2.05, 4.69) is 12.2 Å². The van der Waals surface area contributed by atoms with Crippen LogP contribution < -0.4 is 5.32 Å². The maximum Gasteiger partial charge on any atom is 0.0512 e. The van der Waals surface area contributed by atoms with Crippen LogP contribution in [0.4, 0.5) is 0 Å². The predicted octanol–water partition coefficient (Wildman–Crippen LogP) is 1.41. The number of hydrogen-bond donors (Lipinski definition) is 1. The Morgan fingerprint density at radius 1 is 1.50 bits per heavy atom. The number of nitrogens with one attached hydrogen (secondary N) is 1. The Labute approximate surface area is 74.7 Å². The Balaban J connectivity index is 1.86. The van der Waals surface area contributed by atoms with Crippen molar-refractivity contribution in [3.63, 3.8) is 0 Å². The quantitative estimate of drug-likeness (QED) is 0.689. The Morgan fingerprint density at radius 3 is 2.92 bits per heavy atom. The molecule has 0 unspecified atom stereocenters. The molecule has 1 aliphatic carbocycles. The van der Waals surface area contributed by atoms with Crippen molar-refractivity contribution < 1.29 is 4.74 Å². The second-order valence-electron chi connectivity index (χ2n) is 4.20. The highest BCUT2D eigenvalue weighted by molar-refractivity contribution is 5.00. The third-order valence-corrected chi connectivity index (χ3v) is 3.61. The van der Waals surface area contributed by atoms with Gasteiger partial charge in [0.15, 0.2) is 0 Å². The van der Waals surface area contributed by atoms with Crippen molar-refractivity contribution >= 4 is 0 Å². The highest BCUT2D eigenvalue weighted by Crippen LogP contribution is 2.48. The summed E-state index contributed by atoms with van der Waals surface area (Å²) in [7, 11) is 0. The first-order chi connectivity index (χ1) is 5.87. The molecule has 12 heavy (non-hydrogen) atoms. The van der Waals surface area contributed by atoms with Gasteiger partial charge in [-0.25, -0.2) is 0 Å². The molecule has 2 fully saturated rings. The molecule has 0 radical (unpaired) electrons. The average Bonchev–Trinajstić information content (AvgIpc) is 2.42. The van der Waals surface area contributed by atoms with E-state index >= 15 is 0 Å². The third-order valence-electron chi connectivity index (χ3n) is 3.61. The lowest BCUT2D eigenvalue weighted by atomic mass is 9.63. The third kappa shape index (κ3) is 1.27. The molecule has 0 bridgehead atoms. The van der Waals surface area contributed by atoms with Crippen LogP contribution in [-0.4, -0.2) is 26.3 Å². The van der Waals surface area contributed by atoms with Gasteiger partial charge in [-0.05, 0) is 25.2 Å². The van der Waals surface area contributed by atoms with Gasteiger partial charge in [0.2, 0.25) is 0 Å². The van der Waals surface area contributed by atoms with Gasteiger partial charge >= 0.3 is 0 Å². The summed E-state index contributed by atoms with van der Waals surface area (Å²) in [5.41, 5.74) is 0.648. The Bertz CT molecular complexity index is 154. The highest BCUT2D eigenvalue weighted by atomic mass is 16.5. The maximum atomic E-state index is 5.51. The first-order valence-electron chi connectivity index (χ1n) is 5.16. The molecule has 2 rings (SSSR count). The molecule has 2 nitrogen and oxygen atoms in total. The zero-order valence-electron chi connectivity index (χ0n) is 7.94. The molecule has 1 heterocycles. The van der Waals surface area contributed by atoms with Gasteiger partial charge < -0.3 is 10.1 Å². The summed E-state index contributed by atoms with van der Waals surface area (Å²) in [6.45, 7) is 6.34. The Kier molecular flexibility index (Phi) is 2.37. The lowest BCUT2D eigenvalue weighted by Crippen LogP contribution is -2.39. The predicted molar refractivity (Wildman–Crippen MR) is 49.1 cm³/mol. The summed E-state index contributed by atoms with van der Waals surface area (Å²) < 4.78 is 5.51. The van der Waals surface area contributed by atoms with Crippen LogP contribution in [0.3, 0.4) is 0 Å². The molecule has 1 N–H and O–H groups in total. The molecule has 70 valence electrons. The maximum absolute atomic E-state index is 5.51. The van der Waals surface area contributed by atoms with E-state index in [0.717, 1.165) is 19.1 Å². The normalized spacial score (nSPS) is 32.2. The summed E-state index contributed by atoms with van der Waals surface area (Å²) in [4.78, 5) is 0. The molecule has 2 aliphatic rings. The van der Waals surface area contributed by atoms with Crippen molar-refractivity contribution in [1.82, 2.24) is 5.32 Å². The molecule has 0 aromatic carbocycles. The van der Waals surface area contributed by atoms with E-state index in [1.54, 1.807) is 0 Å². The fourth-order valence-electron chi connectivity index (χ4n) is 2.57. The Morgan fingerprint density at radius 2 is 2.33 bits per heavy atom. The number of rotatable bonds is 3. The minimum absolute atomic E-state index is 0.648. The van der Waals surface area contributed by atoms with Gasteiger partial charge in [-0.3, -0.25) is 0 Å².